The van der Waals surface area contributed by atoms with Crippen molar-refractivity contribution in [3.8, 4) is 0 Å². The van der Waals surface area contributed by atoms with Crippen LogP contribution in [-0.2, 0) is 0 Å². The highest BCUT2D eigenvalue weighted by molar-refractivity contribution is 5.80. The van der Waals surface area contributed by atoms with Gasteiger partial charge in [-0.1, -0.05) is 13.8 Å². The maximum atomic E-state index is 4.82. The second kappa shape index (κ2) is 7.57. The normalized spacial score (nSPS) is 15.4. The summed E-state index contributed by atoms with van der Waals surface area (Å²) in [6, 6.07) is 12.6. The third-order valence-electron chi connectivity index (χ3n) is 5.83. The molecule has 0 unspecified atom stereocenters. The van der Waals surface area contributed by atoms with Crippen molar-refractivity contribution in [1.82, 2.24) is 24.3 Å². The van der Waals surface area contributed by atoms with Crippen molar-refractivity contribution < 1.29 is 0 Å². The van der Waals surface area contributed by atoms with Gasteiger partial charge in [0, 0.05) is 49.0 Å². The number of likely N-dealkylation sites (N-methyl/N-ethyl adjacent to an activating group) is 1. The Kier molecular flexibility index (Phi) is 4.75. The van der Waals surface area contributed by atoms with Crippen molar-refractivity contribution in [3.63, 3.8) is 0 Å². The van der Waals surface area contributed by atoms with Crippen LogP contribution in [0.2, 0.25) is 0 Å². The van der Waals surface area contributed by atoms with Crippen molar-refractivity contribution in [2.45, 2.75) is 19.8 Å². The van der Waals surface area contributed by atoms with Gasteiger partial charge < -0.3 is 15.1 Å². The number of pyridine rings is 2. The molecule has 0 aliphatic carbocycles. The zero-order valence-corrected chi connectivity index (χ0v) is 17.7. The van der Waals surface area contributed by atoms with Crippen molar-refractivity contribution in [2.75, 3.05) is 43.4 Å². The molecule has 30 heavy (non-hydrogen) atoms. The van der Waals surface area contributed by atoms with Gasteiger partial charge in [0.2, 0.25) is 5.95 Å². The van der Waals surface area contributed by atoms with Crippen molar-refractivity contribution in [2.24, 2.45) is 0 Å². The van der Waals surface area contributed by atoms with E-state index in [2.05, 4.69) is 80.7 Å². The largest absolute Gasteiger partial charge is 0.368 e. The van der Waals surface area contributed by atoms with Crippen molar-refractivity contribution in [1.29, 1.82) is 0 Å². The van der Waals surface area contributed by atoms with E-state index in [1.807, 2.05) is 18.5 Å². The summed E-state index contributed by atoms with van der Waals surface area (Å²) in [5, 5.41) is 4.28. The van der Waals surface area contributed by atoms with Crippen LogP contribution >= 0.6 is 0 Å². The zero-order chi connectivity index (χ0) is 20.7. The van der Waals surface area contributed by atoms with E-state index in [1.54, 1.807) is 0 Å². The summed E-state index contributed by atoms with van der Waals surface area (Å²) in [6.07, 6.45) is 3.79. The summed E-state index contributed by atoms with van der Waals surface area (Å²) < 4.78 is 2.22. The lowest BCUT2D eigenvalue weighted by atomic mass is 10.1. The Morgan fingerprint density at radius 1 is 0.900 bits per heavy atom. The van der Waals surface area contributed by atoms with Crippen LogP contribution in [0.15, 0.2) is 48.8 Å². The first-order chi connectivity index (χ1) is 14.6. The van der Waals surface area contributed by atoms with E-state index in [0.717, 1.165) is 54.2 Å². The molecule has 0 atom stereocenters. The molecule has 154 valence electrons. The van der Waals surface area contributed by atoms with Gasteiger partial charge in [-0.2, -0.15) is 4.98 Å². The quantitative estimate of drug-likeness (QED) is 0.560. The van der Waals surface area contributed by atoms with Gasteiger partial charge in [-0.15, -0.1) is 0 Å². The molecule has 0 aromatic carbocycles. The first kappa shape index (κ1) is 18.8. The number of hydrogen-bond donors (Lipinski definition) is 1. The van der Waals surface area contributed by atoms with Crippen LogP contribution in [0.5, 0.6) is 0 Å². The number of rotatable bonds is 4. The summed E-state index contributed by atoms with van der Waals surface area (Å²) in [6.45, 7) is 8.63. The molecule has 1 fully saturated rings. The van der Waals surface area contributed by atoms with E-state index >= 15 is 0 Å². The van der Waals surface area contributed by atoms with E-state index in [1.165, 1.54) is 5.69 Å². The van der Waals surface area contributed by atoms with Crippen LogP contribution in [0, 0.1) is 0 Å². The highest BCUT2D eigenvalue weighted by atomic mass is 15.3. The molecular weight excluding hydrogens is 374 g/mol. The predicted molar refractivity (Wildman–Crippen MR) is 122 cm³/mol. The molecule has 4 aromatic rings. The number of nitrogens with one attached hydrogen (secondary N) is 1. The molecule has 0 amide bonds. The summed E-state index contributed by atoms with van der Waals surface area (Å²) in [4.78, 5) is 18.6. The summed E-state index contributed by atoms with van der Waals surface area (Å²) in [5.74, 6) is 1.71. The van der Waals surface area contributed by atoms with Gasteiger partial charge in [0.05, 0.1) is 11.9 Å². The monoisotopic (exact) mass is 401 g/mol. The molecule has 5 rings (SSSR count). The lowest BCUT2D eigenvalue weighted by Gasteiger charge is -2.33. The lowest BCUT2D eigenvalue weighted by Crippen LogP contribution is -2.44. The van der Waals surface area contributed by atoms with Gasteiger partial charge in [0.25, 0.3) is 0 Å². The molecule has 4 aromatic heterocycles. The second-order valence-corrected chi connectivity index (χ2v) is 8.30. The summed E-state index contributed by atoms with van der Waals surface area (Å²) in [5.41, 5.74) is 4.46. The minimum atomic E-state index is 0.410. The van der Waals surface area contributed by atoms with Gasteiger partial charge in [-0.25, -0.2) is 9.97 Å². The number of fused-ring (bicyclic) bond motifs is 3. The number of hydrogen-bond acceptors (Lipinski definition) is 6. The standard InChI is InChI=1S/C23H27N7/c1-16(2)20-8-6-18-5-4-17-14-25-23(27-22(17)30(18)20)26-21-9-7-19(15-24-21)29-12-10-28(3)11-13-29/h4-9,14-16H,10-13H2,1-3H3,(H,24,25,26,27). The number of aromatic nitrogens is 4. The average molecular weight is 402 g/mol. The van der Waals surface area contributed by atoms with Crippen LogP contribution < -0.4 is 10.2 Å². The molecule has 0 saturated carbocycles. The highest BCUT2D eigenvalue weighted by Gasteiger charge is 2.15. The van der Waals surface area contributed by atoms with E-state index in [4.69, 9.17) is 4.98 Å². The van der Waals surface area contributed by atoms with Crippen LogP contribution in [-0.4, -0.2) is 57.5 Å². The smallest absolute Gasteiger partial charge is 0.230 e. The van der Waals surface area contributed by atoms with Crippen molar-refractivity contribution in [3.05, 3.63) is 54.5 Å². The Hall–Kier alpha value is -3.19. The number of nitrogens with zero attached hydrogens (tertiary/aromatic N) is 6. The third-order valence-corrected chi connectivity index (χ3v) is 5.83. The Morgan fingerprint density at radius 3 is 2.43 bits per heavy atom. The molecule has 5 heterocycles. The van der Waals surface area contributed by atoms with E-state index in [-0.39, 0.29) is 0 Å². The number of anilines is 3. The molecule has 7 heteroatoms. The Morgan fingerprint density at radius 2 is 1.70 bits per heavy atom. The van der Waals surface area contributed by atoms with Gasteiger partial charge in [0.15, 0.2) is 0 Å². The fraction of sp³-hybridized carbons (Fsp3) is 0.348. The van der Waals surface area contributed by atoms with Crippen LogP contribution in [0.4, 0.5) is 17.5 Å². The van der Waals surface area contributed by atoms with E-state index in [9.17, 15) is 0 Å². The Balaban J connectivity index is 1.42. The minimum absolute atomic E-state index is 0.410. The average Bonchev–Trinajstić information content (AvgIpc) is 3.20. The van der Waals surface area contributed by atoms with Crippen LogP contribution in [0.3, 0.4) is 0 Å². The SMILES string of the molecule is CC(C)c1ccc2ccc3cnc(Nc4ccc(N5CCN(C)CC5)cn4)nc3n12. The molecule has 1 aliphatic rings. The van der Waals surface area contributed by atoms with Crippen LogP contribution in [0.25, 0.3) is 16.6 Å². The van der Waals surface area contributed by atoms with Crippen molar-refractivity contribution >= 4 is 34.0 Å². The lowest BCUT2D eigenvalue weighted by molar-refractivity contribution is 0.313. The van der Waals surface area contributed by atoms with Gasteiger partial charge >= 0.3 is 0 Å². The highest BCUT2D eigenvalue weighted by Crippen LogP contribution is 2.25. The maximum absolute atomic E-state index is 4.82. The fourth-order valence-corrected chi connectivity index (χ4v) is 4.03. The summed E-state index contributed by atoms with van der Waals surface area (Å²) in [7, 11) is 2.16. The van der Waals surface area contributed by atoms with E-state index in [0.29, 0.717) is 11.9 Å². The maximum Gasteiger partial charge on any atom is 0.230 e. The minimum Gasteiger partial charge on any atom is -0.368 e. The fourth-order valence-electron chi connectivity index (χ4n) is 4.03. The third kappa shape index (κ3) is 3.45. The Labute approximate surface area is 176 Å². The first-order valence-corrected chi connectivity index (χ1v) is 10.5. The second-order valence-electron chi connectivity index (χ2n) is 8.30. The Bertz CT molecular complexity index is 1170. The van der Waals surface area contributed by atoms with Gasteiger partial charge in [-0.05, 0) is 49.4 Å². The molecule has 7 nitrogen and oxygen atoms in total. The predicted octanol–water partition coefficient (Wildman–Crippen LogP) is 3.90. The molecule has 1 saturated heterocycles. The molecular formula is C23H27N7. The number of piperazine rings is 1. The molecule has 0 radical (unpaired) electrons. The molecule has 1 aliphatic heterocycles. The zero-order valence-electron chi connectivity index (χ0n) is 17.7. The topological polar surface area (TPSA) is 61.6 Å². The van der Waals surface area contributed by atoms with Gasteiger partial charge in [-0.3, -0.25) is 4.40 Å². The first-order valence-electron chi connectivity index (χ1n) is 10.5. The van der Waals surface area contributed by atoms with Gasteiger partial charge in [0.1, 0.15) is 11.5 Å². The summed E-state index contributed by atoms with van der Waals surface area (Å²) >= 11 is 0. The molecule has 1 N–H and O–H groups in total. The van der Waals surface area contributed by atoms with E-state index < -0.39 is 0 Å². The molecule has 0 spiro atoms. The van der Waals surface area contributed by atoms with Crippen LogP contribution in [0.1, 0.15) is 25.5 Å². The molecule has 0 bridgehead atoms.